The number of rotatable bonds is 6. The van der Waals surface area contributed by atoms with Crippen LogP contribution in [0, 0.1) is 0 Å². The molecule has 30 heavy (non-hydrogen) atoms. The molecule has 0 unspecified atom stereocenters. The zero-order valence-electron chi connectivity index (χ0n) is 17.3. The SMILES string of the molecule is CCCc1c(C(=O)N2CCN(CC)CC2)cnn1-c1nc(-c2ccc(Cl)cc2)cs1. The van der Waals surface area contributed by atoms with E-state index in [1.54, 1.807) is 6.20 Å². The number of benzene rings is 1. The van der Waals surface area contributed by atoms with Crippen molar-refractivity contribution in [2.24, 2.45) is 0 Å². The molecule has 1 aromatic carbocycles. The van der Waals surface area contributed by atoms with Crippen molar-refractivity contribution in [2.75, 3.05) is 32.7 Å². The quantitative estimate of drug-likeness (QED) is 0.567. The number of hydrogen-bond donors (Lipinski definition) is 0. The highest BCUT2D eigenvalue weighted by atomic mass is 35.5. The van der Waals surface area contributed by atoms with Crippen LogP contribution in [-0.4, -0.2) is 63.2 Å². The molecular weight excluding hydrogens is 418 g/mol. The molecular formula is C22H26ClN5OS. The zero-order chi connectivity index (χ0) is 21.1. The van der Waals surface area contributed by atoms with Crippen LogP contribution in [0.4, 0.5) is 0 Å². The third kappa shape index (κ3) is 4.29. The second-order valence-electron chi connectivity index (χ2n) is 7.42. The molecule has 158 valence electrons. The van der Waals surface area contributed by atoms with Crippen LogP contribution < -0.4 is 0 Å². The van der Waals surface area contributed by atoms with E-state index in [9.17, 15) is 4.79 Å². The molecule has 1 amide bonds. The minimum atomic E-state index is 0.0786. The van der Waals surface area contributed by atoms with E-state index in [-0.39, 0.29) is 5.91 Å². The van der Waals surface area contributed by atoms with Gasteiger partial charge in [-0.2, -0.15) is 5.10 Å². The number of amides is 1. The van der Waals surface area contributed by atoms with Crippen LogP contribution in [0.2, 0.25) is 5.02 Å². The maximum absolute atomic E-state index is 13.2. The average molecular weight is 444 g/mol. The molecule has 0 spiro atoms. The number of piperazine rings is 1. The molecule has 1 saturated heterocycles. The average Bonchev–Trinajstić information content (AvgIpc) is 3.41. The molecule has 0 saturated carbocycles. The third-order valence-electron chi connectivity index (χ3n) is 5.51. The Balaban J connectivity index is 1.60. The van der Waals surface area contributed by atoms with Crippen LogP contribution in [0.3, 0.4) is 0 Å². The van der Waals surface area contributed by atoms with Crippen LogP contribution in [0.15, 0.2) is 35.8 Å². The second kappa shape index (κ2) is 9.29. The van der Waals surface area contributed by atoms with E-state index in [0.29, 0.717) is 10.6 Å². The van der Waals surface area contributed by atoms with Gasteiger partial charge in [0.15, 0.2) is 0 Å². The summed E-state index contributed by atoms with van der Waals surface area (Å²) in [7, 11) is 0. The van der Waals surface area contributed by atoms with E-state index in [0.717, 1.165) is 67.6 Å². The predicted molar refractivity (Wildman–Crippen MR) is 122 cm³/mol. The molecule has 1 aliphatic heterocycles. The first-order chi connectivity index (χ1) is 14.6. The van der Waals surface area contributed by atoms with Gasteiger partial charge in [0.1, 0.15) is 0 Å². The van der Waals surface area contributed by atoms with Gasteiger partial charge in [0, 0.05) is 42.1 Å². The minimum Gasteiger partial charge on any atom is -0.336 e. The summed E-state index contributed by atoms with van der Waals surface area (Å²) >= 11 is 7.53. The highest BCUT2D eigenvalue weighted by Gasteiger charge is 2.26. The number of hydrogen-bond acceptors (Lipinski definition) is 5. The van der Waals surface area contributed by atoms with Crippen molar-refractivity contribution in [3.63, 3.8) is 0 Å². The number of halogens is 1. The van der Waals surface area contributed by atoms with Crippen molar-refractivity contribution < 1.29 is 4.79 Å². The van der Waals surface area contributed by atoms with Crippen LogP contribution in [0.25, 0.3) is 16.4 Å². The number of carbonyl (C=O) groups excluding carboxylic acids is 1. The van der Waals surface area contributed by atoms with Gasteiger partial charge in [0.2, 0.25) is 5.13 Å². The van der Waals surface area contributed by atoms with E-state index in [1.165, 1.54) is 11.3 Å². The van der Waals surface area contributed by atoms with Gasteiger partial charge in [0.05, 0.1) is 23.1 Å². The largest absolute Gasteiger partial charge is 0.336 e. The third-order valence-corrected chi connectivity index (χ3v) is 6.57. The van der Waals surface area contributed by atoms with Crippen LogP contribution >= 0.6 is 22.9 Å². The normalized spacial score (nSPS) is 15.0. The van der Waals surface area contributed by atoms with Crippen LogP contribution in [0.1, 0.15) is 36.3 Å². The molecule has 6 nitrogen and oxygen atoms in total. The van der Waals surface area contributed by atoms with E-state index in [4.69, 9.17) is 16.6 Å². The fraction of sp³-hybridized carbons (Fsp3) is 0.409. The van der Waals surface area contributed by atoms with Gasteiger partial charge in [-0.15, -0.1) is 11.3 Å². The summed E-state index contributed by atoms with van der Waals surface area (Å²) in [5.41, 5.74) is 3.53. The molecule has 1 fully saturated rings. The van der Waals surface area contributed by atoms with E-state index >= 15 is 0 Å². The Morgan fingerprint density at radius 3 is 2.53 bits per heavy atom. The predicted octanol–water partition coefficient (Wildman–Crippen LogP) is 4.38. The first kappa shape index (κ1) is 21.0. The highest BCUT2D eigenvalue weighted by molar-refractivity contribution is 7.12. The van der Waals surface area contributed by atoms with Crippen molar-refractivity contribution in [2.45, 2.75) is 26.7 Å². The summed E-state index contributed by atoms with van der Waals surface area (Å²) < 4.78 is 1.84. The van der Waals surface area contributed by atoms with Crippen molar-refractivity contribution in [1.82, 2.24) is 24.6 Å². The summed E-state index contributed by atoms with van der Waals surface area (Å²) in [6.45, 7) is 8.69. The van der Waals surface area contributed by atoms with Gasteiger partial charge < -0.3 is 9.80 Å². The summed E-state index contributed by atoms with van der Waals surface area (Å²) in [4.78, 5) is 22.3. The Morgan fingerprint density at radius 2 is 1.87 bits per heavy atom. The highest BCUT2D eigenvalue weighted by Crippen LogP contribution is 2.27. The maximum Gasteiger partial charge on any atom is 0.257 e. The molecule has 2 aromatic heterocycles. The monoisotopic (exact) mass is 443 g/mol. The molecule has 0 aliphatic carbocycles. The van der Waals surface area contributed by atoms with Gasteiger partial charge in [0.25, 0.3) is 5.91 Å². The number of nitrogens with zero attached hydrogens (tertiary/aromatic N) is 5. The number of aromatic nitrogens is 3. The molecule has 3 heterocycles. The van der Waals surface area contributed by atoms with Gasteiger partial charge in [-0.3, -0.25) is 4.79 Å². The van der Waals surface area contributed by atoms with E-state index in [2.05, 4.69) is 23.8 Å². The summed E-state index contributed by atoms with van der Waals surface area (Å²) in [5.74, 6) is 0.0786. The Bertz CT molecular complexity index is 1000. The smallest absolute Gasteiger partial charge is 0.257 e. The molecule has 8 heteroatoms. The van der Waals surface area contributed by atoms with Gasteiger partial charge in [-0.1, -0.05) is 44.0 Å². The van der Waals surface area contributed by atoms with Gasteiger partial charge in [-0.05, 0) is 25.1 Å². The number of carbonyl (C=O) groups is 1. The number of thiazole rings is 1. The van der Waals surface area contributed by atoms with Gasteiger partial charge in [-0.25, -0.2) is 9.67 Å². The first-order valence-corrected chi connectivity index (χ1v) is 11.7. The van der Waals surface area contributed by atoms with E-state index in [1.807, 2.05) is 39.2 Å². The van der Waals surface area contributed by atoms with Gasteiger partial charge >= 0.3 is 0 Å². The molecule has 1 aliphatic rings. The summed E-state index contributed by atoms with van der Waals surface area (Å²) in [6.07, 6.45) is 3.43. The lowest BCUT2D eigenvalue weighted by molar-refractivity contribution is 0.0642. The van der Waals surface area contributed by atoms with Crippen LogP contribution in [-0.2, 0) is 6.42 Å². The molecule has 4 rings (SSSR count). The topological polar surface area (TPSA) is 54.3 Å². The Labute approximate surface area is 186 Å². The Morgan fingerprint density at radius 1 is 1.13 bits per heavy atom. The first-order valence-electron chi connectivity index (χ1n) is 10.4. The van der Waals surface area contributed by atoms with E-state index < -0.39 is 0 Å². The second-order valence-corrected chi connectivity index (χ2v) is 8.69. The zero-order valence-corrected chi connectivity index (χ0v) is 18.9. The standard InChI is InChI=1S/C22H26ClN5OS/c1-3-5-20-18(21(29)27-12-10-26(4-2)11-13-27)14-24-28(20)22-25-19(15-30-22)16-6-8-17(23)9-7-16/h6-9,14-15H,3-5,10-13H2,1-2H3. The fourth-order valence-corrected chi connectivity index (χ4v) is 4.69. The molecule has 3 aromatic rings. The maximum atomic E-state index is 13.2. The van der Waals surface area contributed by atoms with Crippen molar-refractivity contribution >= 4 is 28.8 Å². The lowest BCUT2D eigenvalue weighted by Crippen LogP contribution is -2.48. The van der Waals surface area contributed by atoms with Crippen molar-refractivity contribution in [3.8, 4) is 16.4 Å². The minimum absolute atomic E-state index is 0.0786. The van der Waals surface area contributed by atoms with Crippen molar-refractivity contribution in [3.05, 3.63) is 52.1 Å². The molecule has 0 radical (unpaired) electrons. The lowest BCUT2D eigenvalue weighted by atomic mass is 10.1. The summed E-state index contributed by atoms with van der Waals surface area (Å²) in [5, 5.41) is 8.05. The molecule has 0 bridgehead atoms. The molecule has 0 atom stereocenters. The van der Waals surface area contributed by atoms with Crippen molar-refractivity contribution in [1.29, 1.82) is 0 Å². The van der Waals surface area contributed by atoms with Crippen LogP contribution in [0.5, 0.6) is 0 Å². The number of likely N-dealkylation sites (N-methyl/N-ethyl adjacent to an activating group) is 1. The lowest BCUT2D eigenvalue weighted by Gasteiger charge is -2.34. The fourth-order valence-electron chi connectivity index (χ4n) is 3.75. The Hall–Kier alpha value is -2.22. The molecule has 0 N–H and O–H groups in total. The summed E-state index contributed by atoms with van der Waals surface area (Å²) in [6, 6.07) is 7.65. The Kier molecular flexibility index (Phi) is 6.51.